The minimum atomic E-state index is -3.09. The van der Waals surface area contributed by atoms with Crippen LogP contribution < -0.4 is 0 Å². The predicted molar refractivity (Wildman–Crippen MR) is 248 cm³/mol. The van der Waals surface area contributed by atoms with Crippen molar-refractivity contribution in [2.24, 2.45) is 0 Å². The van der Waals surface area contributed by atoms with E-state index in [0.29, 0.717) is 6.04 Å². The molecule has 0 aromatic carbocycles. The summed E-state index contributed by atoms with van der Waals surface area (Å²) in [6.45, 7) is 53.3. The molecule has 0 saturated carbocycles. The molecule has 0 amide bonds. The first-order chi connectivity index (χ1) is 21.4. The summed E-state index contributed by atoms with van der Waals surface area (Å²) in [6, 6.07) is 1.73. The standard InChI is InChI=1S/C19H52O5Si6.C8H24O2Si3.C6H10.CH4/c1-25(2,3)21-29(13,22-26(4,5)6)18-16-14-15-17-19-30(20,23-27(7,8)9)24-28(10,11)12;1-11(2,3)9-13(7,8)10-12(4,5)6;1-3-5-6-4-2;/h20H,14-19H2,1-13H3;1-8H3;3-4H,1-2,5-6H2;1H4. The number of rotatable bonds is 22. The number of allylic oxidation sites excluding steroid dienone is 2. The molecule has 0 aromatic heterocycles. The molecule has 0 fully saturated rings. The minimum absolute atomic E-state index is 0. The molecule has 0 bridgehead atoms. The third-order valence-electron chi connectivity index (χ3n) is 5.53. The van der Waals surface area contributed by atoms with E-state index < -0.39 is 75.8 Å². The highest BCUT2D eigenvalue weighted by molar-refractivity contribution is 6.88. The Morgan fingerprint density at radius 3 is 0.900 bits per heavy atom. The van der Waals surface area contributed by atoms with Crippen LogP contribution in [0.15, 0.2) is 25.3 Å². The first kappa shape index (κ1) is 57.9. The Morgan fingerprint density at radius 1 is 0.400 bits per heavy atom. The zero-order chi connectivity index (χ0) is 39.8. The molecule has 0 radical (unpaired) electrons. The first-order valence-electron chi connectivity index (χ1n) is 18.5. The van der Waals surface area contributed by atoms with Gasteiger partial charge in [-0.05, 0) is 163 Å². The lowest BCUT2D eigenvalue weighted by Gasteiger charge is -2.38. The number of hydrogen-bond acceptors (Lipinski definition) is 7. The van der Waals surface area contributed by atoms with Gasteiger partial charge in [0.15, 0.2) is 49.9 Å². The van der Waals surface area contributed by atoms with E-state index in [4.69, 9.17) is 24.7 Å². The summed E-state index contributed by atoms with van der Waals surface area (Å²) in [5, 5.41) is 0. The van der Waals surface area contributed by atoms with Crippen molar-refractivity contribution in [2.45, 2.75) is 196 Å². The first-order valence-corrected chi connectivity index (χ1v) is 46.3. The van der Waals surface area contributed by atoms with Gasteiger partial charge in [0, 0.05) is 6.04 Å². The van der Waals surface area contributed by atoms with Crippen LogP contribution in [0.4, 0.5) is 0 Å². The van der Waals surface area contributed by atoms with Crippen molar-refractivity contribution in [2.75, 3.05) is 0 Å². The Morgan fingerprint density at radius 2 is 0.660 bits per heavy atom. The third-order valence-corrected chi connectivity index (χ3v) is 32.4. The molecular formula is C34H90O7Si9. The van der Waals surface area contributed by atoms with Gasteiger partial charge in [0.2, 0.25) is 0 Å². The molecule has 0 heterocycles. The molecular weight excluding hydrogens is 773 g/mol. The van der Waals surface area contributed by atoms with Crippen LogP contribution in [0.1, 0.15) is 46.0 Å². The molecule has 0 aliphatic heterocycles. The van der Waals surface area contributed by atoms with Crippen molar-refractivity contribution in [1.29, 1.82) is 0 Å². The molecule has 0 atom stereocenters. The fourth-order valence-electron chi connectivity index (χ4n) is 5.38. The van der Waals surface area contributed by atoms with Crippen LogP contribution >= 0.6 is 0 Å². The second-order valence-electron chi connectivity index (χ2n) is 19.6. The Labute approximate surface area is 324 Å². The lowest BCUT2D eigenvalue weighted by atomic mass is 10.2. The Kier molecular flexibility index (Phi) is 27.7. The van der Waals surface area contributed by atoms with Gasteiger partial charge in [-0.3, -0.25) is 0 Å². The van der Waals surface area contributed by atoms with Gasteiger partial charge >= 0.3 is 25.9 Å². The maximum Gasteiger partial charge on any atom is 0.477 e. The van der Waals surface area contributed by atoms with Crippen molar-refractivity contribution < 1.29 is 29.5 Å². The zero-order valence-electron chi connectivity index (χ0n) is 36.6. The molecule has 0 aliphatic carbocycles. The molecule has 0 spiro atoms. The average molecular weight is 864 g/mol. The van der Waals surface area contributed by atoms with Crippen LogP contribution in [0.3, 0.4) is 0 Å². The fraction of sp³-hybridized carbons (Fsp3) is 0.882. The summed E-state index contributed by atoms with van der Waals surface area (Å²) >= 11 is 0. The van der Waals surface area contributed by atoms with Gasteiger partial charge in [-0.1, -0.05) is 38.8 Å². The minimum Gasteiger partial charge on any atom is -0.437 e. The van der Waals surface area contributed by atoms with Gasteiger partial charge in [0.25, 0.3) is 0 Å². The van der Waals surface area contributed by atoms with Crippen molar-refractivity contribution in [1.82, 2.24) is 0 Å². The molecule has 50 heavy (non-hydrogen) atoms. The Hall–Kier alpha value is 1.15. The molecule has 16 heteroatoms. The SMILES string of the molecule is C.C=CCCC=C.C[Si](C)(C)O[Si](C)(C)O[Si](C)(C)C.C[Si](C)(C)O[Si](C)(CCCCCC[Si](O)(O[Si](C)(C)C)O[Si](C)(C)C)O[Si](C)(C)C. The molecule has 0 saturated heterocycles. The summed E-state index contributed by atoms with van der Waals surface area (Å²) in [4.78, 5) is 11.2. The van der Waals surface area contributed by atoms with E-state index in [2.05, 4.69) is 151 Å². The number of unbranched alkanes of at least 4 members (excludes halogenated alkanes) is 4. The second-order valence-corrected chi connectivity index (χ2v) is 57.3. The maximum atomic E-state index is 11.2. The smallest absolute Gasteiger partial charge is 0.437 e. The molecule has 0 unspecified atom stereocenters. The van der Waals surface area contributed by atoms with Crippen LogP contribution in [0.5, 0.6) is 0 Å². The lowest BCUT2D eigenvalue weighted by Crippen LogP contribution is -2.54. The monoisotopic (exact) mass is 862 g/mol. The van der Waals surface area contributed by atoms with Crippen molar-refractivity contribution >= 4 is 75.8 Å². The predicted octanol–water partition coefficient (Wildman–Crippen LogP) is 13.1. The van der Waals surface area contributed by atoms with Crippen molar-refractivity contribution in [3.05, 3.63) is 25.3 Å². The summed E-state index contributed by atoms with van der Waals surface area (Å²) in [7, 11) is -16.9. The van der Waals surface area contributed by atoms with E-state index >= 15 is 0 Å². The van der Waals surface area contributed by atoms with Gasteiger partial charge in [-0.25, -0.2) is 0 Å². The molecule has 0 aromatic rings. The van der Waals surface area contributed by atoms with Crippen LogP contribution in [0, 0.1) is 0 Å². The van der Waals surface area contributed by atoms with Gasteiger partial charge in [0.05, 0.1) is 0 Å². The van der Waals surface area contributed by atoms with Gasteiger partial charge < -0.3 is 29.5 Å². The molecule has 1 N–H and O–H groups in total. The van der Waals surface area contributed by atoms with Crippen LogP contribution in [-0.2, 0) is 24.7 Å². The zero-order valence-corrected chi connectivity index (χ0v) is 45.6. The van der Waals surface area contributed by atoms with Crippen molar-refractivity contribution in [3.63, 3.8) is 0 Å². The van der Waals surface area contributed by atoms with Gasteiger partial charge in [-0.2, -0.15) is 0 Å². The quantitative estimate of drug-likeness (QED) is 0.0660. The third kappa shape index (κ3) is 43.6. The van der Waals surface area contributed by atoms with Gasteiger partial charge in [-0.15, -0.1) is 13.2 Å². The van der Waals surface area contributed by atoms with E-state index in [1.807, 2.05) is 12.2 Å². The lowest BCUT2D eigenvalue weighted by molar-refractivity contribution is 0.242. The molecule has 304 valence electrons. The second kappa shape index (κ2) is 23.9. The van der Waals surface area contributed by atoms with E-state index in [-0.39, 0.29) is 7.43 Å². The highest BCUT2D eigenvalue weighted by Gasteiger charge is 2.44. The highest BCUT2D eigenvalue weighted by Crippen LogP contribution is 2.28. The van der Waals surface area contributed by atoms with Gasteiger partial charge in [0.1, 0.15) is 0 Å². The number of hydrogen-bond donors (Lipinski definition) is 1. The summed E-state index contributed by atoms with van der Waals surface area (Å²) in [5.41, 5.74) is 0. The van der Waals surface area contributed by atoms with E-state index in [1.165, 1.54) is 0 Å². The van der Waals surface area contributed by atoms with E-state index in [1.54, 1.807) is 0 Å². The average Bonchev–Trinajstić information content (AvgIpc) is 2.72. The summed E-state index contributed by atoms with van der Waals surface area (Å²) in [6.07, 6.45) is 10.2. The summed E-state index contributed by atoms with van der Waals surface area (Å²) < 4.78 is 37.8. The normalized spacial score (nSPS) is 13.7. The maximum absolute atomic E-state index is 11.2. The summed E-state index contributed by atoms with van der Waals surface area (Å²) in [5.74, 6) is 0. The van der Waals surface area contributed by atoms with E-state index in [9.17, 15) is 4.80 Å². The fourth-order valence-corrected chi connectivity index (χ4v) is 40.0. The van der Waals surface area contributed by atoms with Crippen LogP contribution in [-0.4, -0.2) is 80.6 Å². The highest BCUT2D eigenvalue weighted by atomic mass is 28.5. The molecule has 0 rings (SSSR count). The largest absolute Gasteiger partial charge is 0.477 e. The Bertz CT molecular complexity index is 807. The molecule has 7 nitrogen and oxygen atoms in total. The van der Waals surface area contributed by atoms with Crippen LogP contribution in [0.25, 0.3) is 0 Å². The van der Waals surface area contributed by atoms with Crippen molar-refractivity contribution in [3.8, 4) is 0 Å². The topological polar surface area (TPSA) is 75.6 Å². The molecule has 0 aliphatic rings. The van der Waals surface area contributed by atoms with Crippen LogP contribution in [0.2, 0.25) is 150 Å². The van der Waals surface area contributed by atoms with E-state index in [0.717, 1.165) is 44.6 Å². The Balaban J connectivity index is -0.000000434.